The van der Waals surface area contributed by atoms with Gasteiger partial charge in [-0.1, -0.05) is 215 Å². The van der Waals surface area contributed by atoms with Crippen molar-refractivity contribution in [1.29, 1.82) is 0 Å². The van der Waals surface area contributed by atoms with E-state index in [1.54, 1.807) is 0 Å². The molecule has 4 nitrogen and oxygen atoms in total. The lowest BCUT2D eigenvalue weighted by atomic mass is 9.86. The van der Waals surface area contributed by atoms with E-state index in [9.17, 15) is 0 Å². The molecule has 0 N–H and O–H groups in total. The van der Waals surface area contributed by atoms with Crippen LogP contribution in [0, 0.1) is 0 Å². The van der Waals surface area contributed by atoms with Crippen LogP contribution in [0.5, 0.6) is 0 Å². The van der Waals surface area contributed by atoms with Crippen LogP contribution in [0.4, 0.5) is 34.1 Å². The normalized spacial score (nSPS) is 12.6. The maximum Gasteiger partial charge on any atom is 0.0641 e. The topological polar surface area (TPSA) is 15.3 Å². The van der Waals surface area contributed by atoms with Crippen LogP contribution in [-0.4, -0.2) is 8.80 Å². The Morgan fingerprint density at radius 3 is 0.964 bits per heavy atom. The zero-order valence-corrected chi connectivity index (χ0v) is 49.9. The first-order valence-corrected chi connectivity index (χ1v) is 30.1. The Kier molecular flexibility index (Phi) is 11.7. The minimum absolute atomic E-state index is 0.0603. The fourth-order valence-corrected chi connectivity index (χ4v) is 13.6. The van der Waals surface area contributed by atoms with Gasteiger partial charge in [0.1, 0.15) is 0 Å². The molecule has 0 atom stereocenters. The van der Waals surface area contributed by atoms with E-state index in [2.05, 4.69) is 318 Å². The molecule has 0 saturated carbocycles. The van der Waals surface area contributed by atoms with Crippen LogP contribution < -0.4 is 9.80 Å². The lowest BCUT2D eigenvalue weighted by Gasteiger charge is -2.27. The van der Waals surface area contributed by atoms with Gasteiger partial charge in [-0.15, -0.1) is 0 Å². The van der Waals surface area contributed by atoms with E-state index in [-0.39, 0.29) is 10.8 Å². The Morgan fingerprint density at radius 2 is 0.619 bits per heavy atom. The van der Waals surface area contributed by atoms with Gasteiger partial charge in [-0.25, -0.2) is 0 Å². The summed E-state index contributed by atoms with van der Waals surface area (Å²) in [4.78, 5) is 4.94. The minimum atomic E-state index is 0.0603. The maximum atomic E-state index is 2.60. The van der Waals surface area contributed by atoms with Gasteiger partial charge in [0.2, 0.25) is 0 Å². The molecular formula is C80H70N4. The number of hydrogen-bond acceptors (Lipinski definition) is 2. The Balaban J connectivity index is 1.04. The molecule has 0 amide bonds. The Bertz CT molecular complexity index is 4650. The summed E-state index contributed by atoms with van der Waals surface area (Å²) in [5, 5.41) is 9.92. The third-order valence-electron chi connectivity index (χ3n) is 18.3. The van der Waals surface area contributed by atoms with Crippen LogP contribution in [0.25, 0.3) is 98.4 Å². The van der Waals surface area contributed by atoms with Crippen LogP contribution in [0.15, 0.2) is 231 Å². The van der Waals surface area contributed by atoms with Crippen LogP contribution in [-0.2, 0) is 10.8 Å². The highest BCUT2D eigenvalue weighted by molar-refractivity contribution is 6.32. The van der Waals surface area contributed by atoms with Gasteiger partial charge in [-0.3, -0.25) is 0 Å². The van der Waals surface area contributed by atoms with Crippen LogP contribution >= 0.6 is 0 Å². The van der Waals surface area contributed by atoms with E-state index >= 15 is 0 Å². The highest BCUT2D eigenvalue weighted by atomic mass is 15.2. The summed E-state index contributed by atoms with van der Waals surface area (Å²) in [5.41, 5.74) is 24.4. The summed E-state index contributed by atoms with van der Waals surface area (Å²) < 4.78 is 5.21. The second-order valence-corrected chi connectivity index (χ2v) is 26.2. The van der Waals surface area contributed by atoms with Gasteiger partial charge in [0.15, 0.2) is 0 Å². The lowest BCUT2D eigenvalue weighted by molar-refractivity contribution is 0.590. The van der Waals surface area contributed by atoms with Gasteiger partial charge in [0.05, 0.1) is 44.5 Å². The molecule has 0 spiro atoms. The number of para-hydroxylation sites is 2. The van der Waals surface area contributed by atoms with Crippen molar-refractivity contribution < 1.29 is 0 Å². The van der Waals surface area contributed by atoms with E-state index < -0.39 is 0 Å². The average molecular weight is 1090 g/mol. The smallest absolute Gasteiger partial charge is 0.0641 e. The number of fused-ring (bicyclic) bond motifs is 12. The van der Waals surface area contributed by atoms with E-state index in [4.69, 9.17) is 0 Å². The molecule has 15 aromatic rings. The van der Waals surface area contributed by atoms with Gasteiger partial charge in [0, 0.05) is 65.8 Å². The molecule has 15 rings (SSSR count). The fraction of sp³-hybridized carbons (Fsp3) is 0.175. The summed E-state index contributed by atoms with van der Waals surface area (Å²) in [6, 6.07) is 87.7. The van der Waals surface area contributed by atoms with E-state index in [0.717, 1.165) is 34.1 Å². The van der Waals surface area contributed by atoms with Gasteiger partial charge in [-0.2, -0.15) is 0 Å². The summed E-state index contributed by atoms with van der Waals surface area (Å²) in [7, 11) is 0. The summed E-state index contributed by atoms with van der Waals surface area (Å²) >= 11 is 0. The first-order valence-electron chi connectivity index (χ1n) is 30.1. The number of rotatable bonds is 10. The zero-order valence-electron chi connectivity index (χ0n) is 49.9. The molecule has 0 unspecified atom stereocenters. The van der Waals surface area contributed by atoms with Crippen LogP contribution in [0.3, 0.4) is 0 Å². The molecule has 0 bridgehead atoms. The zero-order chi connectivity index (χ0) is 57.5. The highest BCUT2D eigenvalue weighted by Gasteiger charge is 2.29. The second-order valence-electron chi connectivity index (χ2n) is 26.2. The maximum absolute atomic E-state index is 2.60. The fourth-order valence-electron chi connectivity index (χ4n) is 13.6. The second kappa shape index (κ2) is 19.1. The molecule has 0 aliphatic rings. The van der Waals surface area contributed by atoms with Crippen LogP contribution in [0.2, 0.25) is 0 Å². The van der Waals surface area contributed by atoms with Crippen molar-refractivity contribution in [2.45, 2.75) is 91.9 Å². The van der Waals surface area contributed by atoms with Crippen LogP contribution in [0.1, 0.15) is 103 Å². The molecule has 11 aromatic carbocycles. The predicted molar refractivity (Wildman–Crippen MR) is 362 cm³/mol. The molecule has 410 valence electrons. The standard InChI is InChI=1S/C80H70N4/c1-49(2)51-25-35-61(36-26-51)81(59-17-13-11-14-18-59)69-43-41-63-67-47-74-68(48-73(67)83-71-45-55(29-39-65(71)75(69)77(63)83)53-21-31-57(32-22-53)79(5,6)7)64-42-44-70(82(60-19-15-12-16-20-60)62-37-27-52(28-38-62)50(3)4)76-66-40-30-56(46-72(66)84(74)78(64)76)54-23-33-58(34-24-54)80(8,9)10/h11-50H,1-10H3. The van der Waals surface area contributed by atoms with Crippen molar-refractivity contribution >= 4 is 110 Å². The summed E-state index contributed by atoms with van der Waals surface area (Å²) in [6.07, 6.45) is 0. The van der Waals surface area contributed by atoms with Crippen molar-refractivity contribution in [1.82, 2.24) is 8.80 Å². The number of anilines is 6. The lowest BCUT2D eigenvalue weighted by Crippen LogP contribution is -2.10. The van der Waals surface area contributed by atoms with Gasteiger partial charge in [0.25, 0.3) is 0 Å². The van der Waals surface area contributed by atoms with Gasteiger partial charge < -0.3 is 18.6 Å². The number of aromatic nitrogens is 2. The molecule has 4 aromatic heterocycles. The molecule has 4 heterocycles. The molecule has 0 radical (unpaired) electrons. The molecular weight excluding hydrogens is 1020 g/mol. The predicted octanol–water partition coefficient (Wildman–Crippen LogP) is 23.1. The number of nitrogens with zero attached hydrogens (tertiary/aromatic N) is 4. The summed E-state index contributed by atoms with van der Waals surface area (Å²) in [5.74, 6) is 0.862. The van der Waals surface area contributed by atoms with Crippen molar-refractivity contribution in [3.63, 3.8) is 0 Å². The molecule has 84 heavy (non-hydrogen) atoms. The molecule has 0 aliphatic carbocycles. The summed E-state index contributed by atoms with van der Waals surface area (Å²) in [6.45, 7) is 22.8. The first kappa shape index (κ1) is 51.5. The third-order valence-corrected chi connectivity index (χ3v) is 18.3. The van der Waals surface area contributed by atoms with E-state index in [1.165, 1.54) is 121 Å². The molecule has 0 saturated heterocycles. The Labute approximate surface area is 493 Å². The Morgan fingerprint density at radius 1 is 0.298 bits per heavy atom. The largest absolute Gasteiger partial charge is 0.310 e. The van der Waals surface area contributed by atoms with Crippen molar-refractivity contribution in [3.8, 4) is 22.3 Å². The van der Waals surface area contributed by atoms with Gasteiger partial charge >= 0.3 is 0 Å². The molecule has 0 aliphatic heterocycles. The van der Waals surface area contributed by atoms with E-state index in [0.29, 0.717) is 11.8 Å². The number of hydrogen-bond donors (Lipinski definition) is 0. The van der Waals surface area contributed by atoms with Crippen molar-refractivity contribution in [3.05, 3.63) is 253 Å². The SMILES string of the molecule is CC(C)c1ccc(N(c2ccccc2)c2ccc3c4cc5c(cc4n4c6cc(-c7ccc(C(C)(C)C)cc7)ccc6c2c34)c2ccc(N(c3ccccc3)c3ccc(C(C)C)cc3)c3c4ccc(-c6ccc(C(C)(C)C)cc6)cc4n5c23)cc1. The third kappa shape index (κ3) is 8.09. The highest BCUT2D eigenvalue weighted by Crippen LogP contribution is 2.52. The van der Waals surface area contributed by atoms with Crippen molar-refractivity contribution in [2.24, 2.45) is 0 Å². The van der Waals surface area contributed by atoms with Crippen molar-refractivity contribution in [2.75, 3.05) is 9.80 Å². The molecule has 0 fully saturated rings. The van der Waals surface area contributed by atoms with E-state index in [1.807, 2.05) is 0 Å². The minimum Gasteiger partial charge on any atom is -0.310 e. The first-order chi connectivity index (χ1) is 40.6. The Hall–Kier alpha value is -9.38. The monoisotopic (exact) mass is 1090 g/mol. The average Bonchev–Trinajstić information content (AvgIpc) is 1.62. The quantitative estimate of drug-likeness (QED) is 0.136. The number of benzene rings is 11. The molecule has 4 heteroatoms. The van der Waals surface area contributed by atoms with Gasteiger partial charge in [-0.05, 0) is 152 Å².